The molecule has 0 spiro atoms. The van der Waals surface area contributed by atoms with Crippen molar-refractivity contribution in [3.8, 4) is 0 Å². The molecule has 1 saturated carbocycles. The Balaban J connectivity index is 2.44. The summed E-state index contributed by atoms with van der Waals surface area (Å²) in [5.74, 6) is 1.35. The third-order valence-corrected chi connectivity index (χ3v) is 2.55. The summed E-state index contributed by atoms with van der Waals surface area (Å²) in [6.07, 6.45) is 2.41. The van der Waals surface area contributed by atoms with Gasteiger partial charge in [-0.05, 0) is 26.7 Å². The minimum atomic E-state index is 0.336. The lowest BCUT2D eigenvalue weighted by Crippen LogP contribution is -2.41. The first-order chi connectivity index (χ1) is 6.20. The number of nitrogens with zero attached hydrogens (tertiary/aromatic N) is 1. The van der Waals surface area contributed by atoms with Gasteiger partial charge in [0, 0.05) is 19.6 Å². The number of hydrogen-bond donors (Lipinski definition) is 1. The van der Waals surface area contributed by atoms with Crippen LogP contribution in [0.1, 0.15) is 26.7 Å². The summed E-state index contributed by atoms with van der Waals surface area (Å²) in [7, 11) is 1.71. The number of nitrogens with one attached hydrogen (secondary N) is 1. The molecule has 1 atom stereocenters. The van der Waals surface area contributed by atoms with Crippen LogP contribution in [0, 0.1) is 11.3 Å². The van der Waals surface area contributed by atoms with E-state index in [0.29, 0.717) is 18.6 Å². The zero-order chi connectivity index (χ0) is 9.84. The smallest absolute Gasteiger partial charge is 0.0992 e. The van der Waals surface area contributed by atoms with Crippen molar-refractivity contribution in [1.82, 2.24) is 4.90 Å². The monoisotopic (exact) mass is 184 g/mol. The molecule has 1 aliphatic rings. The normalized spacial score (nSPS) is 18.4. The van der Waals surface area contributed by atoms with E-state index in [-0.39, 0.29) is 0 Å². The highest BCUT2D eigenvalue weighted by Gasteiger charge is 2.31. The van der Waals surface area contributed by atoms with Crippen LogP contribution >= 0.6 is 0 Å². The molecule has 0 amide bonds. The fourth-order valence-electron chi connectivity index (χ4n) is 1.64. The lowest BCUT2D eigenvalue weighted by molar-refractivity contribution is 0.136. The maximum atomic E-state index is 7.94. The number of likely N-dealkylation sites (N-methyl/N-ethyl adjacent to an activating group) is 1. The van der Waals surface area contributed by atoms with Gasteiger partial charge in [0.15, 0.2) is 0 Å². The molecule has 0 radical (unpaired) electrons. The van der Waals surface area contributed by atoms with Crippen molar-refractivity contribution in [3.63, 3.8) is 0 Å². The lowest BCUT2D eigenvalue weighted by atomic mass is 10.2. The van der Waals surface area contributed by atoms with Gasteiger partial charge in [-0.25, -0.2) is 0 Å². The summed E-state index contributed by atoms with van der Waals surface area (Å²) in [5, 5.41) is 7.94. The average Bonchev–Trinajstić information content (AvgIpc) is 2.88. The van der Waals surface area contributed by atoms with Crippen LogP contribution in [0.5, 0.6) is 0 Å². The topological polar surface area (TPSA) is 36.3 Å². The van der Waals surface area contributed by atoms with Gasteiger partial charge in [0.05, 0.1) is 18.5 Å². The van der Waals surface area contributed by atoms with Crippen molar-refractivity contribution < 1.29 is 4.74 Å². The maximum Gasteiger partial charge on any atom is 0.0992 e. The van der Waals surface area contributed by atoms with E-state index in [1.807, 2.05) is 0 Å². The lowest BCUT2D eigenvalue weighted by Gasteiger charge is -2.29. The highest BCUT2D eigenvalue weighted by molar-refractivity contribution is 5.84. The van der Waals surface area contributed by atoms with Gasteiger partial charge in [-0.3, -0.25) is 5.41 Å². The SMILES string of the molecule is CCN(C(=N)C1CC1)C(C)COC. The Morgan fingerprint density at radius 2 is 2.23 bits per heavy atom. The Morgan fingerprint density at radius 3 is 2.62 bits per heavy atom. The summed E-state index contributed by atoms with van der Waals surface area (Å²) >= 11 is 0. The second kappa shape index (κ2) is 4.61. The maximum absolute atomic E-state index is 7.94. The van der Waals surface area contributed by atoms with Crippen LogP contribution in [0.2, 0.25) is 0 Å². The Hall–Kier alpha value is -0.570. The molecule has 0 bridgehead atoms. The molecule has 1 unspecified atom stereocenters. The van der Waals surface area contributed by atoms with E-state index >= 15 is 0 Å². The molecule has 1 aliphatic carbocycles. The van der Waals surface area contributed by atoms with Crippen molar-refractivity contribution >= 4 is 5.84 Å². The van der Waals surface area contributed by atoms with Crippen LogP contribution in [0.4, 0.5) is 0 Å². The standard InChI is InChI=1S/C10H20N2O/c1-4-12(8(2)7-13-3)10(11)9-5-6-9/h8-9,11H,4-7H2,1-3H3. The van der Waals surface area contributed by atoms with Gasteiger partial charge in [-0.1, -0.05) is 0 Å². The molecular formula is C10H20N2O. The first-order valence-corrected chi connectivity index (χ1v) is 5.04. The molecule has 76 valence electrons. The van der Waals surface area contributed by atoms with Crippen LogP contribution in [-0.4, -0.2) is 37.0 Å². The highest BCUT2D eigenvalue weighted by Crippen LogP contribution is 2.31. The Labute approximate surface area is 80.6 Å². The van der Waals surface area contributed by atoms with Crippen LogP contribution in [0.3, 0.4) is 0 Å². The zero-order valence-corrected chi connectivity index (χ0v) is 8.84. The molecule has 3 nitrogen and oxygen atoms in total. The Kier molecular flexibility index (Phi) is 3.72. The van der Waals surface area contributed by atoms with Crippen molar-refractivity contribution in [1.29, 1.82) is 5.41 Å². The van der Waals surface area contributed by atoms with Crippen molar-refractivity contribution in [2.45, 2.75) is 32.7 Å². The summed E-state index contributed by atoms with van der Waals surface area (Å²) < 4.78 is 5.10. The highest BCUT2D eigenvalue weighted by atomic mass is 16.5. The van der Waals surface area contributed by atoms with Gasteiger partial charge in [-0.2, -0.15) is 0 Å². The van der Waals surface area contributed by atoms with Crippen LogP contribution < -0.4 is 0 Å². The predicted molar refractivity (Wildman–Crippen MR) is 54.2 cm³/mol. The molecule has 1 rings (SSSR count). The van der Waals surface area contributed by atoms with E-state index in [2.05, 4.69) is 18.7 Å². The first kappa shape index (κ1) is 10.5. The second-order valence-corrected chi connectivity index (χ2v) is 3.75. The fraction of sp³-hybridized carbons (Fsp3) is 0.900. The molecular weight excluding hydrogens is 164 g/mol. The molecule has 13 heavy (non-hydrogen) atoms. The van der Waals surface area contributed by atoms with Crippen LogP contribution in [0.25, 0.3) is 0 Å². The van der Waals surface area contributed by atoms with Gasteiger partial charge < -0.3 is 9.64 Å². The summed E-state index contributed by atoms with van der Waals surface area (Å²) in [4.78, 5) is 2.14. The average molecular weight is 184 g/mol. The van der Waals surface area contributed by atoms with Crippen molar-refractivity contribution in [2.24, 2.45) is 5.92 Å². The van der Waals surface area contributed by atoms with E-state index in [1.165, 1.54) is 12.8 Å². The van der Waals surface area contributed by atoms with Gasteiger partial charge in [0.1, 0.15) is 0 Å². The first-order valence-electron chi connectivity index (χ1n) is 5.04. The molecule has 0 aromatic carbocycles. The molecule has 1 N–H and O–H groups in total. The number of amidine groups is 1. The van der Waals surface area contributed by atoms with Gasteiger partial charge in [-0.15, -0.1) is 0 Å². The van der Waals surface area contributed by atoms with Gasteiger partial charge >= 0.3 is 0 Å². The Morgan fingerprint density at radius 1 is 1.62 bits per heavy atom. The minimum Gasteiger partial charge on any atom is -0.383 e. The molecule has 0 heterocycles. The van der Waals surface area contributed by atoms with Gasteiger partial charge in [0.2, 0.25) is 0 Å². The molecule has 0 aromatic rings. The van der Waals surface area contributed by atoms with E-state index in [4.69, 9.17) is 10.1 Å². The molecule has 0 aliphatic heterocycles. The van der Waals surface area contributed by atoms with E-state index in [0.717, 1.165) is 12.4 Å². The molecule has 1 fully saturated rings. The summed E-state index contributed by atoms with van der Waals surface area (Å²) in [5.41, 5.74) is 0. The number of hydrogen-bond acceptors (Lipinski definition) is 2. The second-order valence-electron chi connectivity index (χ2n) is 3.75. The van der Waals surface area contributed by atoms with Gasteiger partial charge in [0.25, 0.3) is 0 Å². The predicted octanol–water partition coefficient (Wildman–Crippen LogP) is 1.73. The third-order valence-electron chi connectivity index (χ3n) is 2.55. The largest absolute Gasteiger partial charge is 0.383 e. The van der Waals surface area contributed by atoms with Crippen molar-refractivity contribution in [2.75, 3.05) is 20.3 Å². The summed E-state index contributed by atoms with van der Waals surface area (Å²) in [6, 6.07) is 0.336. The number of ether oxygens (including phenoxy) is 1. The Bertz CT molecular complexity index is 178. The van der Waals surface area contributed by atoms with Crippen LogP contribution in [-0.2, 0) is 4.74 Å². The fourth-order valence-corrected chi connectivity index (χ4v) is 1.64. The molecule has 3 heteroatoms. The molecule has 0 saturated heterocycles. The van der Waals surface area contributed by atoms with E-state index in [1.54, 1.807) is 7.11 Å². The van der Waals surface area contributed by atoms with E-state index < -0.39 is 0 Å². The van der Waals surface area contributed by atoms with Crippen LogP contribution in [0.15, 0.2) is 0 Å². The zero-order valence-electron chi connectivity index (χ0n) is 8.84. The van der Waals surface area contributed by atoms with E-state index in [9.17, 15) is 0 Å². The number of rotatable bonds is 5. The minimum absolute atomic E-state index is 0.336. The number of methoxy groups -OCH3 is 1. The quantitative estimate of drug-likeness (QED) is 0.522. The molecule has 0 aromatic heterocycles. The van der Waals surface area contributed by atoms with Crippen molar-refractivity contribution in [3.05, 3.63) is 0 Å². The third kappa shape index (κ3) is 2.69. The summed E-state index contributed by atoms with van der Waals surface area (Å²) in [6.45, 7) is 5.84.